The number of nitrogens with one attached hydrogen (secondary N) is 2. The van der Waals surface area contributed by atoms with Gasteiger partial charge in [-0.15, -0.1) is 11.3 Å². The molecule has 0 unspecified atom stereocenters. The van der Waals surface area contributed by atoms with Crippen LogP contribution in [0.15, 0.2) is 66.0 Å². The summed E-state index contributed by atoms with van der Waals surface area (Å²) in [5.74, 6) is -0.825. The zero-order valence-electron chi connectivity index (χ0n) is 20.4. The molecular formula is C27H31FN4O3S. The van der Waals surface area contributed by atoms with Crippen molar-refractivity contribution in [1.29, 1.82) is 0 Å². The van der Waals surface area contributed by atoms with Gasteiger partial charge >= 0.3 is 11.8 Å². The third-order valence-corrected chi connectivity index (χ3v) is 7.33. The van der Waals surface area contributed by atoms with Crippen molar-refractivity contribution in [3.05, 3.63) is 82.3 Å². The van der Waals surface area contributed by atoms with Crippen LogP contribution in [0.1, 0.15) is 23.4 Å². The van der Waals surface area contributed by atoms with Crippen molar-refractivity contribution in [2.75, 3.05) is 38.2 Å². The Balaban J connectivity index is 1.35. The number of anilines is 1. The number of amides is 2. The first-order chi connectivity index (χ1) is 17.4. The van der Waals surface area contributed by atoms with Crippen molar-refractivity contribution in [3.63, 3.8) is 0 Å². The second-order valence-corrected chi connectivity index (χ2v) is 9.73. The number of hydrogen-bond acceptors (Lipinski definition) is 6. The fourth-order valence-electron chi connectivity index (χ4n) is 4.47. The van der Waals surface area contributed by atoms with E-state index in [1.165, 1.54) is 12.1 Å². The lowest BCUT2D eigenvalue weighted by Gasteiger charge is -2.42. The normalized spacial score (nSPS) is 15.7. The predicted octanol–water partition coefficient (Wildman–Crippen LogP) is 3.58. The molecule has 4 rings (SSSR count). The van der Waals surface area contributed by atoms with Crippen molar-refractivity contribution < 1.29 is 18.7 Å². The Morgan fingerprint density at radius 2 is 1.69 bits per heavy atom. The van der Waals surface area contributed by atoms with E-state index in [1.54, 1.807) is 30.6 Å². The average molecular weight is 511 g/mol. The number of methoxy groups -OCH3 is 1. The summed E-state index contributed by atoms with van der Waals surface area (Å²) in [5.41, 5.74) is 1.87. The lowest BCUT2D eigenvalue weighted by molar-refractivity contribution is -0.140. The molecule has 0 spiro atoms. The number of carbonyl (C=O) groups is 2. The molecule has 2 atom stereocenters. The Kier molecular flexibility index (Phi) is 8.56. The number of halogens is 1. The molecule has 0 saturated carbocycles. The van der Waals surface area contributed by atoms with E-state index in [0.717, 1.165) is 48.1 Å². The maximum atomic E-state index is 13.3. The van der Waals surface area contributed by atoms with Crippen molar-refractivity contribution in [2.45, 2.75) is 25.6 Å². The molecule has 1 fully saturated rings. The third kappa shape index (κ3) is 6.41. The zero-order valence-corrected chi connectivity index (χ0v) is 21.3. The number of hydrogen-bond donors (Lipinski definition) is 2. The van der Waals surface area contributed by atoms with Gasteiger partial charge in [0.1, 0.15) is 11.6 Å². The molecular weight excluding hydrogens is 479 g/mol. The molecule has 1 aromatic heterocycles. The average Bonchev–Trinajstić information content (AvgIpc) is 3.43. The summed E-state index contributed by atoms with van der Waals surface area (Å²) in [6.07, 6.45) is 0. The molecule has 1 aliphatic heterocycles. The summed E-state index contributed by atoms with van der Waals surface area (Å²) in [6.45, 7) is 5.33. The lowest BCUT2D eigenvalue weighted by Crippen LogP contribution is -2.53. The van der Waals surface area contributed by atoms with Crippen LogP contribution in [0, 0.1) is 5.82 Å². The Bertz CT molecular complexity index is 1130. The fraction of sp³-hybridized carbons (Fsp3) is 0.333. The highest BCUT2D eigenvalue weighted by Crippen LogP contribution is 2.30. The van der Waals surface area contributed by atoms with E-state index in [0.29, 0.717) is 0 Å². The highest BCUT2D eigenvalue weighted by atomic mass is 32.1. The molecule has 2 N–H and O–H groups in total. The van der Waals surface area contributed by atoms with Crippen LogP contribution in [-0.4, -0.2) is 56.0 Å². The van der Waals surface area contributed by atoms with E-state index >= 15 is 0 Å². The number of ether oxygens (including phenoxy) is 1. The molecule has 1 aliphatic rings. The molecule has 190 valence electrons. The van der Waals surface area contributed by atoms with Crippen molar-refractivity contribution in [2.24, 2.45) is 0 Å². The number of benzene rings is 2. The van der Waals surface area contributed by atoms with Gasteiger partial charge in [0.15, 0.2) is 0 Å². The van der Waals surface area contributed by atoms with Gasteiger partial charge in [-0.05, 0) is 60.3 Å². The summed E-state index contributed by atoms with van der Waals surface area (Å²) in [4.78, 5) is 30.9. The Labute approximate surface area is 214 Å². The zero-order chi connectivity index (χ0) is 25.5. The monoisotopic (exact) mass is 510 g/mol. The molecule has 1 saturated heterocycles. The smallest absolute Gasteiger partial charge is 0.309 e. The number of piperazine rings is 1. The lowest BCUT2D eigenvalue weighted by atomic mass is 10.0. The van der Waals surface area contributed by atoms with Gasteiger partial charge in [-0.3, -0.25) is 14.5 Å². The van der Waals surface area contributed by atoms with Gasteiger partial charge in [0.2, 0.25) is 0 Å². The number of carbonyl (C=O) groups excluding carboxylic acids is 2. The number of nitrogens with zero attached hydrogens (tertiary/aromatic N) is 2. The SMILES string of the molecule is COc1ccc(CNC(=O)C(=O)N[C@H](C)[C@@H](c2cccs2)N2CCN(c3ccc(F)cc3)CC2)cc1. The van der Waals surface area contributed by atoms with E-state index in [-0.39, 0.29) is 24.4 Å². The van der Waals surface area contributed by atoms with E-state index in [1.807, 2.05) is 42.6 Å². The first kappa shape index (κ1) is 25.7. The number of thiophene rings is 1. The topological polar surface area (TPSA) is 73.9 Å². The Hall–Kier alpha value is -3.43. The highest BCUT2D eigenvalue weighted by molar-refractivity contribution is 7.10. The van der Waals surface area contributed by atoms with Gasteiger partial charge in [0.05, 0.1) is 13.2 Å². The molecule has 9 heteroatoms. The standard InChI is InChI=1S/C27H31FN4O3S/c1-19(30-27(34)26(33)29-18-20-5-11-23(35-2)12-6-20)25(24-4-3-17-36-24)32-15-13-31(14-16-32)22-9-7-21(28)8-10-22/h3-12,17,19,25H,13-16,18H2,1-2H3,(H,29,33)(H,30,34)/t19-,25+/m1/s1. The van der Waals surface area contributed by atoms with Crippen LogP contribution in [0.25, 0.3) is 0 Å². The van der Waals surface area contributed by atoms with Crippen LogP contribution in [0.3, 0.4) is 0 Å². The summed E-state index contributed by atoms with van der Waals surface area (Å²) < 4.78 is 18.4. The van der Waals surface area contributed by atoms with Crippen LogP contribution >= 0.6 is 11.3 Å². The van der Waals surface area contributed by atoms with E-state index in [9.17, 15) is 14.0 Å². The minimum atomic E-state index is -0.663. The van der Waals surface area contributed by atoms with Crippen LogP contribution in [0.2, 0.25) is 0 Å². The van der Waals surface area contributed by atoms with Gasteiger partial charge in [0.25, 0.3) is 0 Å². The van der Waals surface area contributed by atoms with E-state index in [4.69, 9.17) is 4.74 Å². The van der Waals surface area contributed by atoms with Crippen LogP contribution in [0.4, 0.5) is 10.1 Å². The Morgan fingerprint density at radius 1 is 1.00 bits per heavy atom. The molecule has 7 nitrogen and oxygen atoms in total. The molecule has 0 bridgehead atoms. The predicted molar refractivity (Wildman–Crippen MR) is 140 cm³/mol. The van der Waals surface area contributed by atoms with Crippen molar-refractivity contribution in [3.8, 4) is 5.75 Å². The highest BCUT2D eigenvalue weighted by Gasteiger charge is 2.32. The minimum absolute atomic E-state index is 0.0568. The van der Waals surface area contributed by atoms with Crippen LogP contribution < -0.4 is 20.3 Å². The summed E-state index contributed by atoms with van der Waals surface area (Å²) in [6, 6.07) is 17.6. The van der Waals surface area contributed by atoms with Gasteiger partial charge < -0.3 is 20.3 Å². The Morgan fingerprint density at radius 3 is 2.31 bits per heavy atom. The van der Waals surface area contributed by atoms with E-state index < -0.39 is 11.8 Å². The van der Waals surface area contributed by atoms with Crippen LogP contribution in [-0.2, 0) is 16.1 Å². The first-order valence-corrected chi connectivity index (χ1v) is 12.8. The van der Waals surface area contributed by atoms with Gasteiger partial charge in [0, 0.05) is 49.3 Å². The van der Waals surface area contributed by atoms with Crippen LogP contribution in [0.5, 0.6) is 5.75 Å². The van der Waals surface area contributed by atoms with Gasteiger partial charge in [-0.25, -0.2) is 4.39 Å². The van der Waals surface area contributed by atoms with E-state index in [2.05, 4.69) is 26.5 Å². The van der Waals surface area contributed by atoms with Gasteiger partial charge in [-0.1, -0.05) is 18.2 Å². The fourth-order valence-corrected chi connectivity index (χ4v) is 5.43. The van der Waals surface area contributed by atoms with Crippen molar-refractivity contribution in [1.82, 2.24) is 15.5 Å². The molecule has 2 heterocycles. The van der Waals surface area contributed by atoms with Crippen molar-refractivity contribution >= 4 is 28.8 Å². The quantitative estimate of drug-likeness (QED) is 0.453. The maximum absolute atomic E-state index is 13.3. The third-order valence-electron chi connectivity index (χ3n) is 6.38. The molecule has 2 amide bonds. The van der Waals surface area contributed by atoms with Gasteiger partial charge in [-0.2, -0.15) is 0 Å². The minimum Gasteiger partial charge on any atom is -0.497 e. The molecule has 0 radical (unpaired) electrons. The number of rotatable bonds is 8. The maximum Gasteiger partial charge on any atom is 0.309 e. The molecule has 2 aromatic carbocycles. The summed E-state index contributed by atoms with van der Waals surface area (Å²) in [7, 11) is 1.59. The summed E-state index contributed by atoms with van der Waals surface area (Å²) in [5, 5.41) is 7.62. The second kappa shape index (κ2) is 12.0. The first-order valence-electron chi connectivity index (χ1n) is 11.9. The molecule has 0 aliphatic carbocycles. The molecule has 3 aromatic rings. The molecule has 36 heavy (non-hydrogen) atoms. The largest absolute Gasteiger partial charge is 0.497 e. The second-order valence-electron chi connectivity index (χ2n) is 8.75. The summed E-state index contributed by atoms with van der Waals surface area (Å²) >= 11 is 1.64.